The Balaban J connectivity index is 1.89. The predicted molar refractivity (Wildman–Crippen MR) is 93.1 cm³/mol. The molecule has 0 aliphatic rings. The molecule has 0 fully saturated rings. The highest BCUT2D eigenvalue weighted by atomic mass is 32.1. The lowest BCUT2D eigenvalue weighted by Gasteiger charge is -2.07. The maximum atomic E-state index is 5.92. The largest absolute Gasteiger partial charge is 0.375 e. The van der Waals surface area contributed by atoms with Gasteiger partial charge in [-0.1, -0.05) is 38.1 Å². The van der Waals surface area contributed by atoms with Crippen molar-refractivity contribution in [1.29, 1.82) is 0 Å². The first-order valence-electron chi connectivity index (χ1n) is 7.38. The Hall–Kier alpha value is -2.20. The highest BCUT2D eigenvalue weighted by molar-refractivity contribution is 7.15. The molecule has 4 heteroatoms. The van der Waals surface area contributed by atoms with Crippen LogP contribution in [0.2, 0.25) is 0 Å². The molecule has 0 aliphatic carbocycles. The Labute approximate surface area is 134 Å². The third-order valence-corrected chi connectivity index (χ3v) is 4.54. The van der Waals surface area contributed by atoms with Gasteiger partial charge in [0.05, 0.1) is 5.69 Å². The normalized spacial score (nSPS) is 11.0. The van der Waals surface area contributed by atoms with Crippen LogP contribution >= 0.6 is 11.3 Å². The predicted octanol–water partition coefficient (Wildman–Crippen LogP) is 4.50. The van der Waals surface area contributed by atoms with Gasteiger partial charge in [0.1, 0.15) is 0 Å². The first-order chi connectivity index (χ1) is 10.6. The Bertz CT molecular complexity index is 746. The van der Waals surface area contributed by atoms with E-state index >= 15 is 0 Å². The highest BCUT2D eigenvalue weighted by Crippen LogP contribution is 2.31. The summed E-state index contributed by atoms with van der Waals surface area (Å²) in [7, 11) is 0. The zero-order valence-electron chi connectivity index (χ0n) is 12.8. The second-order valence-electron chi connectivity index (χ2n) is 5.64. The minimum Gasteiger partial charge on any atom is -0.375 e. The Morgan fingerprint density at radius 2 is 1.91 bits per heavy atom. The summed E-state index contributed by atoms with van der Waals surface area (Å²) in [5, 5.41) is 0.604. The van der Waals surface area contributed by atoms with Gasteiger partial charge >= 0.3 is 0 Å². The van der Waals surface area contributed by atoms with Crippen LogP contribution in [-0.2, 0) is 6.42 Å². The summed E-state index contributed by atoms with van der Waals surface area (Å²) in [4.78, 5) is 9.84. The average molecular weight is 309 g/mol. The van der Waals surface area contributed by atoms with Crippen molar-refractivity contribution in [3.05, 3.63) is 64.8 Å². The summed E-state index contributed by atoms with van der Waals surface area (Å²) >= 11 is 1.55. The first kappa shape index (κ1) is 14.7. The number of nitrogen functional groups attached to an aromatic ring is 1. The smallest absolute Gasteiger partial charge is 0.180 e. The molecular weight excluding hydrogens is 290 g/mol. The number of nitrogens with zero attached hydrogens (tertiary/aromatic N) is 2. The summed E-state index contributed by atoms with van der Waals surface area (Å²) in [6, 6.07) is 12.7. The fourth-order valence-corrected chi connectivity index (χ4v) is 3.31. The third-order valence-electron chi connectivity index (χ3n) is 3.66. The van der Waals surface area contributed by atoms with Crippen LogP contribution in [0.1, 0.15) is 35.8 Å². The number of aromatic nitrogens is 2. The number of anilines is 1. The maximum absolute atomic E-state index is 5.92. The van der Waals surface area contributed by atoms with Crippen molar-refractivity contribution < 1.29 is 0 Å². The lowest BCUT2D eigenvalue weighted by Crippen LogP contribution is -1.92. The maximum Gasteiger partial charge on any atom is 0.180 e. The molecule has 0 saturated carbocycles. The van der Waals surface area contributed by atoms with Crippen LogP contribution in [0.25, 0.3) is 11.3 Å². The van der Waals surface area contributed by atoms with E-state index in [4.69, 9.17) is 5.73 Å². The van der Waals surface area contributed by atoms with Crippen LogP contribution in [-0.4, -0.2) is 9.97 Å². The van der Waals surface area contributed by atoms with Gasteiger partial charge in [0, 0.05) is 29.3 Å². The second-order valence-corrected chi connectivity index (χ2v) is 6.75. The molecule has 22 heavy (non-hydrogen) atoms. The number of pyridine rings is 1. The molecule has 2 aromatic heterocycles. The van der Waals surface area contributed by atoms with Gasteiger partial charge in [0.15, 0.2) is 5.13 Å². The van der Waals surface area contributed by atoms with Crippen LogP contribution in [0.5, 0.6) is 0 Å². The zero-order chi connectivity index (χ0) is 15.5. The van der Waals surface area contributed by atoms with Crippen LogP contribution in [0.3, 0.4) is 0 Å². The molecule has 3 rings (SSSR count). The van der Waals surface area contributed by atoms with Crippen molar-refractivity contribution in [2.45, 2.75) is 26.2 Å². The van der Waals surface area contributed by atoms with Gasteiger partial charge in [-0.2, -0.15) is 0 Å². The number of hydrogen-bond donors (Lipinski definition) is 1. The molecule has 0 bridgehead atoms. The van der Waals surface area contributed by atoms with Crippen molar-refractivity contribution in [3.8, 4) is 11.3 Å². The second kappa shape index (κ2) is 6.28. The van der Waals surface area contributed by atoms with Gasteiger partial charge in [0.25, 0.3) is 0 Å². The molecule has 0 amide bonds. The summed E-state index contributed by atoms with van der Waals surface area (Å²) in [5.74, 6) is 0.555. The van der Waals surface area contributed by atoms with E-state index in [1.165, 1.54) is 16.0 Å². The fourth-order valence-electron chi connectivity index (χ4n) is 2.42. The summed E-state index contributed by atoms with van der Waals surface area (Å²) in [6.45, 7) is 4.42. The van der Waals surface area contributed by atoms with Crippen molar-refractivity contribution in [1.82, 2.24) is 9.97 Å². The SMILES string of the molecule is CC(C)c1ccc(Cc2sc(N)nc2-c2cccnc2)cc1. The van der Waals surface area contributed by atoms with Crippen LogP contribution in [0, 0.1) is 0 Å². The number of rotatable bonds is 4. The van der Waals surface area contributed by atoms with Crippen molar-refractivity contribution in [2.75, 3.05) is 5.73 Å². The molecular formula is C18H19N3S. The summed E-state index contributed by atoms with van der Waals surface area (Å²) in [5.41, 5.74) is 10.5. The monoisotopic (exact) mass is 309 g/mol. The number of nitrogens with two attached hydrogens (primary N) is 1. The number of hydrogen-bond acceptors (Lipinski definition) is 4. The van der Waals surface area contributed by atoms with E-state index in [1.54, 1.807) is 17.5 Å². The van der Waals surface area contributed by atoms with E-state index in [9.17, 15) is 0 Å². The minimum absolute atomic E-state index is 0.555. The molecule has 1 aromatic carbocycles. The van der Waals surface area contributed by atoms with Crippen molar-refractivity contribution in [2.24, 2.45) is 0 Å². The Morgan fingerprint density at radius 3 is 2.55 bits per heavy atom. The molecule has 0 spiro atoms. The van der Waals surface area contributed by atoms with Gasteiger partial charge in [-0.25, -0.2) is 4.98 Å². The van der Waals surface area contributed by atoms with E-state index in [0.717, 1.165) is 17.7 Å². The highest BCUT2D eigenvalue weighted by Gasteiger charge is 2.12. The van der Waals surface area contributed by atoms with E-state index in [0.29, 0.717) is 11.0 Å². The lowest BCUT2D eigenvalue weighted by molar-refractivity contribution is 0.865. The van der Waals surface area contributed by atoms with Crippen LogP contribution < -0.4 is 5.73 Å². The lowest BCUT2D eigenvalue weighted by atomic mass is 10.00. The molecule has 2 N–H and O–H groups in total. The van der Waals surface area contributed by atoms with Gasteiger partial charge in [-0.15, -0.1) is 11.3 Å². The average Bonchev–Trinajstić information content (AvgIpc) is 2.89. The van der Waals surface area contributed by atoms with Gasteiger partial charge < -0.3 is 5.73 Å². The van der Waals surface area contributed by atoms with Gasteiger partial charge in [-0.05, 0) is 29.2 Å². The molecule has 0 radical (unpaired) electrons. The molecule has 0 saturated heterocycles. The molecule has 0 aliphatic heterocycles. The molecule has 3 aromatic rings. The fraction of sp³-hybridized carbons (Fsp3) is 0.222. The van der Waals surface area contributed by atoms with Gasteiger partial charge in [-0.3, -0.25) is 4.98 Å². The zero-order valence-corrected chi connectivity index (χ0v) is 13.6. The quantitative estimate of drug-likeness (QED) is 0.772. The summed E-state index contributed by atoms with van der Waals surface area (Å²) < 4.78 is 0. The Morgan fingerprint density at radius 1 is 1.14 bits per heavy atom. The van der Waals surface area contributed by atoms with E-state index in [-0.39, 0.29) is 0 Å². The first-order valence-corrected chi connectivity index (χ1v) is 8.19. The Kier molecular flexibility index (Phi) is 4.20. The molecule has 112 valence electrons. The van der Waals surface area contributed by atoms with Crippen molar-refractivity contribution >= 4 is 16.5 Å². The van der Waals surface area contributed by atoms with E-state index in [2.05, 4.69) is 48.1 Å². The van der Waals surface area contributed by atoms with E-state index in [1.807, 2.05) is 18.3 Å². The summed E-state index contributed by atoms with van der Waals surface area (Å²) in [6.07, 6.45) is 4.45. The molecule has 0 atom stereocenters. The molecule has 3 nitrogen and oxygen atoms in total. The van der Waals surface area contributed by atoms with E-state index < -0.39 is 0 Å². The van der Waals surface area contributed by atoms with Crippen molar-refractivity contribution in [3.63, 3.8) is 0 Å². The van der Waals surface area contributed by atoms with Gasteiger partial charge in [0.2, 0.25) is 0 Å². The third kappa shape index (κ3) is 3.17. The topological polar surface area (TPSA) is 51.8 Å². The number of thiazole rings is 1. The molecule has 0 unspecified atom stereocenters. The molecule has 2 heterocycles. The van der Waals surface area contributed by atoms with Crippen LogP contribution in [0.15, 0.2) is 48.8 Å². The van der Waals surface area contributed by atoms with Crippen LogP contribution in [0.4, 0.5) is 5.13 Å². The number of benzene rings is 1. The standard InChI is InChI=1S/C18H19N3S/c1-12(2)14-7-5-13(6-8-14)10-16-17(21-18(19)22-16)15-4-3-9-20-11-15/h3-9,11-12H,10H2,1-2H3,(H2,19,21). The minimum atomic E-state index is 0.555.